The van der Waals surface area contributed by atoms with Crippen LogP contribution >= 0.6 is 34.3 Å². The van der Waals surface area contributed by atoms with E-state index in [1.807, 2.05) is 0 Å². The minimum absolute atomic E-state index is 0.0302. The third kappa shape index (κ3) is 3.65. The first-order valence-electron chi connectivity index (χ1n) is 7.34. The number of aromatic nitrogens is 1. The summed E-state index contributed by atoms with van der Waals surface area (Å²) in [6.07, 6.45) is 1.17. The zero-order valence-corrected chi connectivity index (χ0v) is 16.1. The molecule has 1 saturated heterocycles. The van der Waals surface area contributed by atoms with Crippen molar-refractivity contribution in [2.75, 3.05) is 13.1 Å². The van der Waals surface area contributed by atoms with E-state index in [4.69, 9.17) is 11.6 Å². The molecule has 1 N–H and O–H groups in total. The van der Waals surface area contributed by atoms with Crippen LogP contribution in [0, 0.1) is 6.92 Å². The number of hydrogen-bond acceptors (Lipinski definition) is 6. The fraction of sp³-hybridized carbons (Fsp3) is 0.429. The number of nitrogens with one attached hydrogen (secondary N) is 1. The smallest absolute Gasteiger partial charge is 0.263 e. The highest BCUT2D eigenvalue weighted by atomic mass is 35.5. The van der Waals surface area contributed by atoms with Crippen molar-refractivity contribution in [1.82, 2.24) is 14.6 Å². The highest BCUT2D eigenvalue weighted by molar-refractivity contribution is 7.91. The van der Waals surface area contributed by atoms with E-state index >= 15 is 0 Å². The Hall–Kier alpha value is -1.000. The number of rotatable bonds is 4. The lowest BCUT2D eigenvalue weighted by molar-refractivity contribution is 0.0927. The quantitative estimate of drug-likeness (QED) is 0.848. The fourth-order valence-electron chi connectivity index (χ4n) is 2.57. The monoisotopic (exact) mass is 405 g/mol. The summed E-state index contributed by atoms with van der Waals surface area (Å²) in [6.45, 7) is 2.56. The Morgan fingerprint density at radius 2 is 2.08 bits per heavy atom. The lowest BCUT2D eigenvalue weighted by atomic mass is 10.1. The van der Waals surface area contributed by atoms with Crippen molar-refractivity contribution in [3.63, 3.8) is 0 Å². The van der Waals surface area contributed by atoms with Gasteiger partial charge < -0.3 is 5.32 Å². The molecule has 10 heteroatoms. The predicted molar refractivity (Wildman–Crippen MR) is 95.4 cm³/mol. The van der Waals surface area contributed by atoms with Crippen LogP contribution in [0.4, 0.5) is 0 Å². The second-order valence-electron chi connectivity index (χ2n) is 5.48. The Morgan fingerprint density at radius 1 is 1.38 bits per heavy atom. The van der Waals surface area contributed by atoms with Gasteiger partial charge in [0.05, 0.1) is 15.5 Å². The molecule has 3 heterocycles. The molecule has 6 nitrogen and oxygen atoms in total. The van der Waals surface area contributed by atoms with Gasteiger partial charge in [0.15, 0.2) is 0 Å². The number of sulfonamides is 1. The van der Waals surface area contributed by atoms with Gasteiger partial charge in [-0.1, -0.05) is 11.6 Å². The molecule has 1 amide bonds. The maximum absolute atomic E-state index is 12.5. The number of thiazole rings is 1. The molecule has 3 rings (SSSR count). The van der Waals surface area contributed by atoms with E-state index in [0.717, 1.165) is 11.3 Å². The number of amides is 1. The van der Waals surface area contributed by atoms with E-state index in [9.17, 15) is 13.2 Å². The zero-order valence-electron chi connectivity index (χ0n) is 12.9. The molecule has 0 saturated carbocycles. The first-order chi connectivity index (χ1) is 11.4. The normalized spacial score (nSPS) is 17.1. The van der Waals surface area contributed by atoms with Crippen LogP contribution in [0.5, 0.6) is 0 Å². The molecule has 24 heavy (non-hydrogen) atoms. The maximum atomic E-state index is 12.5. The molecule has 1 aliphatic heterocycles. The van der Waals surface area contributed by atoms with Gasteiger partial charge in [0, 0.05) is 19.1 Å². The number of aryl methyl sites for hydroxylation is 1. The lowest BCUT2D eigenvalue weighted by Gasteiger charge is -2.31. The summed E-state index contributed by atoms with van der Waals surface area (Å²) in [4.78, 5) is 16.9. The molecule has 1 aliphatic rings. The van der Waals surface area contributed by atoms with Gasteiger partial charge in [-0.2, -0.15) is 4.31 Å². The first-order valence-corrected chi connectivity index (χ1v) is 10.9. The van der Waals surface area contributed by atoms with Crippen molar-refractivity contribution in [3.05, 3.63) is 32.6 Å². The van der Waals surface area contributed by atoms with E-state index in [2.05, 4.69) is 10.3 Å². The molecule has 2 aromatic heterocycles. The van der Waals surface area contributed by atoms with Gasteiger partial charge in [0.1, 0.15) is 9.09 Å². The molecule has 0 bridgehead atoms. The van der Waals surface area contributed by atoms with Gasteiger partial charge in [-0.15, -0.1) is 22.7 Å². The molecule has 0 aliphatic carbocycles. The Labute approximate surface area is 153 Å². The second kappa shape index (κ2) is 7.09. The van der Waals surface area contributed by atoms with Crippen molar-refractivity contribution in [2.45, 2.75) is 30.0 Å². The van der Waals surface area contributed by atoms with Crippen LogP contribution in [0.3, 0.4) is 0 Å². The topological polar surface area (TPSA) is 79.4 Å². The lowest BCUT2D eigenvalue weighted by Crippen LogP contribution is -2.46. The van der Waals surface area contributed by atoms with Crippen molar-refractivity contribution < 1.29 is 13.2 Å². The third-order valence-electron chi connectivity index (χ3n) is 3.88. The van der Waals surface area contributed by atoms with E-state index in [1.165, 1.54) is 21.7 Å². The summed E-state index contributed by atoms with van der Waals surface area (Å²) in [6, 6.07) is 3.09. The fourth-order valence-corrected chi connectivity index (χ4v) is 6.39. The van der Waals surface area contributed by atoms with Gasteiger partial charge in [-0.25, -0.2) is 13.4 Å². The summed E-state index contributed by atoms with van der Waals surface area (Å²) in [5.74, 6) is -0.138. The van der Waals surface area contributed by atoms with Crippen molar-refractivity contribution in [3.8, 4) is 0 Å². The number of thiophene rings is 1. The number of carbonyl (C=O) groups excluding carboxylic acids is 1. The van der Waals surface area contributed by atoms with Crippen molar-refractivity contribution in [1.29, 1.82) is 0 Å². The van der Waals surface area contributed by atoms with E-state index in [1.54, 1.807) is 18.5 Å². The molecular weight excluding hydrogens is 390 g/mol. The van der Waals surface area contributed by atoms with Crippen LogP contribution in [0.15, 0.2) is 21.9 Å². The van der Waals surface area contributed by atoms with E-state index in [0.29, 0.717) is 40.8 Å². The summed E-state index contributed by atoms with van der Waals surface area (Å²) in [7, 11) is -3.50. The minimum atomic E-state index is -3.50. The van der Waals surface area contributed by atoms with Crippen molar-refractivity contribution in [2.24, 2.45) is 0 Å². The summed E-state index contributed by atoms with van der Waals surface area (Å²) in [5, 5.41) is 2.97. The first kappa shape index (κ1) is 17.8. The standard InChI is InChI=1S/C14H16ClN3O3S3/c1-9-13(22-8-16-9)14(19)17-10-4-6-18(7-5-10)24(20,21)12-3-2-11(15)23-12/h2-3,8,10H,4-7H2,1H3,(H,17,19). The van der Waals surface area contributed by atoms with Crippen LogP contribution in [0.2, 0.25) is 4.34 Å². The third-order valence-corrected chi connectivity index (χ3v) is 8.41. The molecule has 0 unspecified atom stereocenters. The molecular formula is C14H16ClN3O3S3. The highest BCUT2D eigenvalue weighted by Crippen LogP contribution is 2.29. The SMILES string of the molecule is Cc1ncsc1C(=O)NC1CCN(S(=O)(=O)c2ccc(Cl)s2)CC1. The van der Waals surface area contributed by atoms with Gasteiger partial charge in [-0.05, 0) is 31.9 Å². The summed E-state index contributed by atoms with van der Waals surface area (Å²) >= 11 is 8.20. The zero-order chi connectivity index (χ0) is 17.3. The van der Waals surface area contributed by atoms with E-state index < -0.39 is 10.0 Å². The van der Waals surface area contributed by atoms with Crippen LogP contribution in [-0.2, 0) is 10.0 Å². The summed E-state index contributed by atoms with van der Waals surface area (Å²) in [5.41, 5.74) is 2.36. The maximum Gasteiger partial charge on any atom is 0.263 e. The number of hydrogen-bond donors (Lipinski definition) is 1. The number of nitrogens with zero attached hydrogens (tertiary/aromatic N) is 2. The van der Waals surface area contributed by atoms with Crippen LogP contribution in [0.1, 0.15) is 28.2 Å². The Morgan fingerprint density at radius 3 is 2.62 bits per heavy atom. The van der Waals surface area contributed by atoms with Crippen LogP contribution < -0.4 is 5.32 Å². The second-order valence-corrected chi connectivity index (χ2v) is 10.2. The Bertz CT molecular complexity index is 838. The molecule has 0 radical (unpaired) electrons. The predicted octanol–water partition coefficient (Wildman–Crippen LogP) is 2.75. The van der Waals surface area contributed by atoms with Crippen LogP contribution in [-0.4, -0.2) is 42.7 Å². The van der Waals surface area contributed by atoms with Crippen LogP contribution in [0.25, 0.3) is 0 Å². The molecule has 0 spiro atoms. The van der Waals surface area contributed by atoms with Crippen molar-refractivity contribution >= 4 is 50.2 Å². The average Bonchev–Trinajstić information content (AvgIpc) is 3.16. The Kier molecular flexibility index (Phi) is 5.26. The Balaban J connectivity index is 1.60. The van der Waals surface area contributed by atoms with Gasteiger partial charge in [0.2, 0.25) is 0 Å². The number of carbonyl (C=O) groups is 1. The minimum Gasteiger partial charge on any atom is -0.348 e. The number of piperidine rings is 1. The highest BCUT2D eigenvalue weighted by Gasteiger charge is 2.31. The molecule has 130 valence electrons. The molecule has 0 aromatic carbocycles. The summed E-state index contributed by atoms with van der Waals surface area (Å²) < 4.78 is 27.3. The average molecular weight is 406 g/mol. The molecule has 2 aromatic rings. The number of halogens is 1. The van der Waals surface area contributed by atoms with Gasteiger partial charge in [-0.3, -0.25) is 4.79 Å². The molecule has 0 atom stereocenters. The molecule has 1 fully saturated rings. The van der Waals surface area contributed by atoms with E-state index in [-0.39, 0.29) is 16.2 Å². The van der Waals surface area contributed by atoms with Gasteiger partial charge >= 0.3 is 0 Å². The van der Waals surface area contributed by atoms with Gasteiger partial charge in [0.25, 0.3) is 15.9 Å². The largest absolute Gasteiger partial charge is 0.348 e.